The molecular formula is C21H28N3O3S+. The molecule has 7 heteroatoms. The summed E-state index contributed by atoms with van der Waals surface area (Å²) >= 11 is 0. The average molecular weight is 403 g/mol. The van der Waals surface area contributed by atoms with Crippen LogP contribution in [0.2, 0.25) is 0 Å². The molecule has 1 heterocycles. The number of piperazine rings is 1. The number of nitrogens with zero attached hydrogens (tertiary/aromatic N) is 1. The lowest BCUT2D eigenvalue weighted by Crippen LogP contribution is -3.19. The molecule has 2 atom stereocenters. The van der Waals surface area contributed by atoms with Gasteiger partial charge in [0.1, 0.15) is 0 Å². The lowest BCUT2D eigenvalue weighted by molar-refractivity contribution is -0.917. The Bertz CT molecular complexity index is 880. The van der Waals surface area contributed by atoms with Crippen LogP contribution in [0, 0.1) is 0 Å². The molecule has 0 saturated carbocycles. The van der Waals surface area contributed by atoms with Crippen molar-refractivity contribution in [3.8, 4) is 0 Å². The highest BCUT2D eigenvalue weighted by atomic mass is 32.2. The van der Waals surface area contributed by atoms with Crippen LogP contribution in [0.25, 0.3) is 0 Å². The maximum atomic E-state index is 12.7. The van der Waals surface area contributed by atoms with Crippen molar-refractivity contribution in [2.75, 3.05) is 26.2 Å². The predicted molar refractivity (Wildman–Crippen MR) is 108 cm³/mol. The summed E-state index contributed by atoms with van der Waals surface area (Å²) in [4.78, 5) is 14.1. The third-order valence-corrected chi connectivity index (χ3v) is 7.32. The van der Waals surface area contributed by atoms with Gasteiger partial charge in [-0.15, -0.1) is 0 Å². The highest BCUT2D eigenvalue weighted by Crippen LogP contribution is 2.15. The zero-order valence-electron chi connectivity index (χ0n) is 16.3. The number of amides is 1. The summed E-state index contributed by atoms with van der Waals surface area (Å²) in [5.41, 5.74) is 1.07. The Labute approximate surface area is 167 Å². The smallest absolute Gasteiger partial charge is 0.278 e. The van der Waals surface area contributed by atoms with Crippen LogP contribution in [0.5, 0.6) is 0 Å². The van der Waals surface area contributed by atoms with Gasteiger partial charge in [-0.2, -0.15) is 4.31 Å². The minimum atomic E-state index is -3.47. The molecule has 3 rings (SSSR count). The van der Waals surface area contributed by atoms with Crippen LogP contribution in [-0.2, 0) is 14.8 Å². The van der Waals surface area contributed by atoms with Crippen LogP contribution < -0.4 is 10.2 Å². The summed E-state index contributed by atoms with van der Waals surface area (Å²) in [6.45, 7) is 5.93. The van der Waals surface area contributed by atoms with E-state index in [2.05, 4.69) is 5.32 Å². The molecule has 0 aromatic heterocycles. The number of rotatable bonds is 6. The molecule has 0 bridgehead atoms. The number of carbonyl (C=O) groups is 1. The monoisotopic (exact) mass is 402 g/mol. The first kappa shape index (κ1) is 20.5. The molecule has 0 radical (unpaired) electrons. The van der Waals surface area contributed by atoms with E-state index in [9.17, 15) is 13.2 Å². The minimum Gasteiger partial charge on any atom is -0.344 e. The van der Waals surface area contributed by atoms with Gasteiger partial charge in [0.25, 0.3) is 5.91 Å². The fourth-order valence-corrected chi connectivity index (χ4v) is 5.00. The molecule has 2 aromatic rings. The van der Waals surface area contributed by atoms with Gasteiger partial charge in [0.15, 0.2) is 6.04 Å². The molecule has 1 aliphatic rings. The molecule has 1 fully saturated rings. The summed E-state index contributed by atoms with van der Waals surface area (Å²) in [6, 6.07) is 18.1. The summed E-state index contributed by atoms with van der Waals surface area (Å²) in [5, 5.41) is 3.07. The van der Waals surface area contributed by atoms with Crippen LogP contribution in [-0.4, -0.2) is 50.9 Å². The molecule has 150 valence electrons. The van der Waals surface area contributed by atoms with E-state index in [0.29, 0.717) is 31.1 Å². The quantitative estimate of drug-likeness (QED) is 0.752. The molecule has 0 unspecified atom stereocenters. The topological polar surface area (TPSA) is 70.9 Å². The summed E-state index contributed by atoms with van der Waals surface area (Å²) in [5.74, 6) is -0.00859. The maximum absolute atomic E-state index is 12.7. The zero-order valence-corrected chi connectivity index (χ0v) is 17.2. The lowest BCUT2D eigenvalue weighted by Gasteiger charge is -2.34. The second-order valence-electron chi connectivity index (χ2n) is 7.24. The van der Waals surface area contributed by atoms with Crippen LogP contribution in [0.1, 0.15) is 25.5 Å². The third kappa shape index (κ3) is 4.60. The van der Waals surface area contributed by atoms with Crippen molar-refractivity contribution >= 4 is 15.9 Å². The number of benzene rings is 2. The molecule has 1 amide bonds. The molecule has 1 aliphatic heterocycles. The largest absolute Gasteiger partial charge is 0.344 e. The van der Waals surface area contributed by atoms with E-state index in [1.165, 1.54) is 4.31 Å². The number of hydrogen-bond acceptors (Lipinski definition) is 3. The van der Waals surface area contributed by atoms with Crippen LogP contribution >= 0.6 is 0 Å². The van der Waals surface area contributed by atoms with Crippen LogP contribution in [0.4, 0.5) is 0 Å². The normalized spacial score (nSPS) is 18.4. The molecule has 2 N–H and O–H groups in total. The first-order valence-electron chi connectivity index (χ1n) is 9.64. The summed E-state index contributed by atoms with van der Waals surface area (Å²) in [6.07, 6.45) is 0. The first-order valence-corrected chi connectivity index (χ1v) is 11.1. The fourth-order valence-electron chi connectivity index (χ4n) is 3.54. The third-order valence-electron chi connectivity index (χ3n) is 5.41. The average Bonchev–Trinajstić information content (AvgIpc) is 2.74. The second kappa shape index (κ2) is 8.86. The van der Waals surface area contributed by atoms with Gasteiger partial charge in [-0.25, -0.2) is 8.42 Å². The van der Waals surface area contributed by atoms with E-state index >= 15 is 0 Å². The number of nitrogens with one attached hydrogen (secondary N) is 2. The number of carbonyl (C=O) groups excluding carboxylic acids is 1. The molecule has 0 spiro atoms. The fraction of sp³-hybridized carbons (Fsp3) is 0.381. The van der Waals surface area contributed by atoms with Crippen molar-refractivity contribution in [3.63, 3.8) is 0 Å². The Morgan fingerprint density at radius 2 is 1.50 bits per heavy atom. The zero-order chi connectivity index (χ0) is 20.1. The second-order valence-corrected chi connectivity index (χ2v) is 9.18. The predicted octanol–water partition coefficient (Wildman–Crippen LogP) is 0.842. The van der Waals surface area contributed by atoms with Gasteiger partial charge in [0.2, 0.25) is 10.0 Å². The van der Waals surface area contributed by atoms with Crippen molar-refractivity contribution in [2.24, 2.45) is 0 Å². The Morgan fingerprint density at radius 3 is 2.07 bits per heavy atom. The Balaban J connectivity index is 1.56. The van der Waals surface area contributed by atoms with E-state index in [4.69, 9.17) is 0 Å². The van der Waals surface area contributed by atoms with Crippen LogP contribution in [0.15, 0.2) is 65.6 Å². The van der Waals surface area contributed by atoms with Gasteiger partial charge >= 0.3 is 0 Å². The number of sulfonamides is 1. The summed E-state index contributed by atoms with van der Waals surface area (Å²) in [7, 11) is -3.47. The molecule has 28 heavy (non-hydrogen) atoms. The Morgan fingerprint density at radius 1 is 0.964 bits per heavy atom. The first-order chi connectivity index (χ1) is 13.4. The van der Waals surface area contributed by atoms with Gasteiger partial charge in [-0.1, -0.05) is 48.5 Å². The van der Waals surface area contributed by atoms with Gasteiger partial charge < -0.3 is 10.2 Å². The lowest BCUT2D eigenvalue weighted by atomic mass is 10.1. The van der Waals surface area contributed by atoms with Crippen molar-refractivity contribution in [1.82, 2.24) is 9.62 Å². The SMILES string of the molecule is C[C@@H](NC(=O)[C@H](C)[NH+]1CCN(S(=O)(=O)c2ccccc2)CC1)c1ccccc1. The standard InChI is InChI=1S/C21H27N3O3S/c1-17(19-9-5-3-6-10-19)22-21(25)18(2)23-13-15-24(16-14-23)28(26,27)20-11-7-4-8-12-20/h3-12,17-18H,13-16H2,1-2H3,(H,22,25)/p+1/t17-,18+/m1/s1. The van der Waals surface area contributed by atoms with Crippen molar-refractivity contribution in [2.45, 2.75) is 30.8 Å². The van der Waals surface area contributed by atoms with Crippen molar-refractivity contribution in [1.29, 1.82) is 0 Å². The molecule has 2 aromatic carbocycles. The highest BCUT2D eigenvalue weighted by molar-refractivity contribution is 7.89. The van der Waals surface area contributed by atoms with Gasteiger partial charge in [-0.05, 0) is 31.5 Å². The Hall–Kier alpha value is -2.22. The van der Waals surface area contributed by atoms with E-state index in [1.54, 1.807) is 30.3 Å². The number of quaternary nitrogens is 1. The van der Waals surface area contributed by atoms with Crippen molar-refractivity contribution < 1.29 is 18.1 Å². The molecular weight excluding hydrogens is 374 g/mol. The van der Waals surface area contributed by atoms with Crippen LogP contribution in [0.3, 0.4) is 0 Å². The van der Waals surface area contributed by atoms with E-state index in [1.807, 2.05) is 44.2 Å². The van der Waals surface area contributed by atoms with E-state index in [-0.39, 0.29) is 18.0 Å². The highest BCUT2D eigenvalue weighted by Gasteiger charge is 2.34. The minimum absolute atomic E-state index is 0.00859. The Kier molecular flexibility index (Phi) is 6.49. The molecule has 0 aliphatic carbocycles. The van der Waals surface area contributed by atoms with Gasteiger partial charge in [0, 0.05) is 0 Å². The van der Waals surface area contributed by atoms with Gasteiger partial charge in [-0.3, -0.25) is 4.79 Å². The van der Waals surface area contributed by atoms with Gasteiger partial charge in [0.05, 0.1) is 37.1 Å². The molecule has 1 saturated heterocycles. The van der Waals surface area contributed by atoms with Crippen molar-refractivity contribution in [3.05, 3.63) is 66.2 Å². The summed E-state index contributed by atoms with van der Waals surface area (Å²) < 4.78 is 27.0. The van der Waals surface area contributed by atoms with E-state index in [0.717, 1.165) is 10.5 Å². The van der Waals surface area contributed by atoms with E-state index < -0.39 is 10.0 Å². The number of hydrogen-bond donors (Lipinski definition) is 2. The molecule has 6 nitrogen and oxygen atoms in total. The maximum Gasteiger partial charge on any atom is 0.278 e.